The van der Waals surface area contributed by atoms with Gasteiger partial charge in [-0.15, -0.1) is 0 Å². The van der Waals surface area contributed by atoms with Crippen LogP contribution in [0, 0.1) is 5.92 Å². The van der Waals surface area contributed by atoms with Crippen molar-refractivity contribution in [2.75, 3.05) is 39.3 Å². The van der Waals surface area contributed by atoms with Crippen LogP contribution < -0.4 is 0 Å². The molecule has 4 fully saturated rings. The summed E-state index contributed by atoms with van der Waals surface area (Å²) < 4.78 is 0. The van der Waals surface area contributed by atoms with E-state index in [1.54, 1.807) is 0 Å². The summed E-state index contributed by atoms with van der Waals surface area (Å²) in [5.74, 6) is 0.737. The number of likely N-dealkylation sites (tertiary alicyclic amines) is 1. The molecule has 1 saturated carbocycles. The van der Waals surface area contributed by atoms with Crippen LogP contribution in [0.4, 0.5) is 0 Å². The van der Waals surface area contributed by atoms with Crippen LogP contribution in [0.15, 0.2) is 0 Å². The van der Waals surface area contributed by atoms with Gasteiger partial charge in [0.15, 0.2) is 0 Å². The van der Waals surface area contributed by atoms with E-state index in [1.165, 1.54) is 58.4 Å². The minimum Gasteiger partial charge on any atom is -0.392 e. The van der Waals surface area contributed by atoms with Gasteiger partial charge in [0.2, 0.25) is 0 Å². The summed E-state index contributed by atoms with van der Waals surface area (Å²) in [4.78, 5) is 8.13. The van der Waals surface area contributed by atoms with Gasteiger partial charge in [0.1, 0.15) is 0 Å². The van der Waals surface area contributed by atoms with E-state index in [0.717, 1.165) is 24.9 Å². The molecule has 3 heterocycles. The van der Waals surface area contributed by atoms with Gasteiger partial charge in [-0.3, -0.25) is 14.7 Å². The number of nitrogens with zero attached hydrogens (tertiary/aromatic N) is 3. The Labute approximate surface area is 135 Å². The second kappa shape index (κ2) is 5.73. The van der Waals surface area contributed by atoms with Crippen molar-refractivity contribution in [3.8, 4) is 0 Å². The summed E-state index contributed by atoms with van der Waals surface area (Å²) in [6.07, 6.45) is 6.58. The molecule has 3 saturated heterocycles. The molecule has 0 amide bonds. The lowest BCUT2D eigenvalue weighted by Gasteiger charge is -2.62. The maximum atomic E-state index is 10.2. The van der Waals surface area contributed by atoms with Crippen molar-refractivity contribution < 1.29 is 5.11 Å². The molecule has 3 aliphatic heterocycles. The van der Waals surface area contributed by atoms with Gasteiger partial charge in [-0.2, -0.15) is 0 Å². The van der Waals surface area contributed by atoms with Gasteiger partial charge < -0.3 is 5.11 Å². The summed E-state index contributed by atoms with van der Waals surface area (Å²) in [5, 5.41) is 10.2. The van der Waals surface area contributed by atoms with Gasteiger partial charge in [-0.1, -0.05) is 26.7 Å². The lowest BCUT2D eigenvalue weighted by molar-refractivity contribution is -0.127. The lowest BCUT2D eigenvalue weighted by Crippen LogP contribution is -2.79. The molecule has 0 bridgehead atoms. The van der Waals surface area contributed by atoms with E-state index in [1.807, 2.05) is 0 Å². The Hall–Kier alpha value is -0.160. The van der Waals surface area contributed by atoms with E-state index in [9.17, 15) is 5.11 Å². The monoisotopic (exact) mass is 307 g/mol. The SMILES string of the molecule is CC(C)CN1C[C@@H]2C[C@@H](O)CN2C2(C1)CN(C1CCCC1)C2. The molecular weight excluding hydrogens is 274 g/mol. The Morgan fingerprint density at radius 3 is 2.45 bits per heavy atom. The highest BCUT2D eigenvalue weighted by Gasteiger charge is 2.56. The molecule has 22 heavy (non-hydrogen) atoms. The molecule has 1 aliphatic carbocycles. The Balaban J connectivity index is 1.46. The molecule has 0 unspecified atom stereocenters. The van der Waals surface area contributed by atoms with Crippen molar-refractivity contribution >= 4 is 0 Å². The number of hydrogen-bond acceptors (Lipinski definition) is 4. The molecule has 1 spiro atoms. The maximum absolute atomic E-state index is 10.2. The summed E-state index contributed by atoms with van der Waals surface area (Å²) in [7, 11) is 0. The van der Waals surface area contributed by atoms with E-state index in [-0.39, 0.29) is 6.10 Å². The zero-order valence-corrected chi connectivity index (χ0v) is 14.4. The molecule has 4 aliphatic rings. The average Bonchev–Trinajstić information content (AvgIpc) is 3.02. The highest BCUT2D eigenvalue weighted by Crippen LogP contribution is 2.41. The summed E-state index contributed by atoms with van der Waals surface area (Å²) in [6, 6.07) is 1.45. The average molecular weight is 307 g/mol. The van der Waals surface area contributed by atoms with Crippen LogP contribution >= 0.6 is 0 Å². The second-order valence-electron chi connectivity index (χ2n) is 8.85. The molecule has 126 valence electrons. The number of aliphatic hydroxyl groups is 1. The third-order valence-electron chi connectivity index (χ3n) is 6.45. The molecule has 1 N–H and O–H groups in total. The van der Waals surface area contributed by atoms with Crippen molar-refractivity contribution in [3.05, 3.63) is 0 Å². The van der Waals surface area contributed by atoms with Crippen molar-refractivity contribution in [3.63, 3.8) is 0 Å². The Morgan fingerprint density at radius 1 is 1.05 bits per heavy atom. The van der Waals surface area contributed by atoms with Crippen LogP contribution in [0.3, 0.4) is 0 Å². The Kier molecular flexibility index (Phi) is 4.00. The zero-order chi connectivity index (χ0) is 15.3. The number of aliphatic hydroxyl groups excluding tert-OH is 1. The summed E-state index contributed by atoms with van der Waals surface area (Å²) >= 11 is 0. The first kappa shape index (κ1) is 15.4. The zero-order valence-electron chi connectivity index (χ0n) is 14.4. The first-order valence-corrected chi connectivity index (χ1v) is 9.47. The number of β-amino-alcohol motifs (C(OH)–C–C–N with tert-alkyl or cyclic N) is 1. The normalized spacial score (nSPS) is 37.1. The van der Waals surface area contributed by atoms with Gasteiger partial charge in [0.25, 0.3) is 0 Å². The number of fused-ring (bicyclic) bond motifs is 2. The molecule has 0 aromatic rings. The van der Waals surface area contributed by atoms with Crippen molar-refractivity contribution in [2.24, 2.45) is 5.92 Å². The first-order chi connectivity index (χ1) is 10.6. The van der Waals surface area contributed by atoms with E-state index in [0.29, 0.717) is 11.6 Å². The first-order valence-electron chi connectivity index (χ1n) is 9.47. The number of hydrogen-bond donors (Lipinski definition) is 1. The smallest absolute Gasteiger partial charge is 0.0682 e. The van der Waals surface area contributed by atoms with Crippen LogP contribution in [0.25, 0.3) is 0 Å². The van der Waals surface area contributed by atoms with Crippen molar-refractivity contribution in [2.45, 2.75) is 69.7 Å². The van der Waals surface area contributed by atoms with Gasteiger partial charge in [0, 0.05) is 51.4 Å². The number of rotatable bonds is 3. The van der Waals surface area contributed by atoms with E-state index >= 15 is 0 Å². The third kappa shape index (κ3) is 2.62. The van der Waals surface area contributed by atoms with Crippen LogP contribution in [-0.4, -0.2) is 82.8 Å². The van der Waals surface area contributed by atoms with E-state index in [2.05, 4.69) is 28.5 Å². The molecular formula is C18H33N3O. The van der Waals surface area contributed by atoms with Gasteiger partial charge in [-0.05, 0) is 25.2 Å². The third-order valence-corrected chi connectivity index (χ3v) is 6.45. The highest BCUT2D eigenvalue weighted by molar-refractivity contribution is 5.14. The van der Waals surface area contributed by atoms with E-state index in [4.69, 9.17) is 0 Å². The molecule has 4 nitrogen and oxygen atoms in total. The van der Waals surface area contributed by atoms with Crippen LogP contribution in [0.1, 0.15) is 46.0 Å². The molecule has 0 radical (unpaired) electrons. The Bertz CT molecular complexity index is 401. The lowest BCUT2D eigenvalue weighted by atomic mass is 9.82. The van der Waals surface area contributed by atoms with Crippen molar-refractivity contribution in [1.82, 2.24) is 14.7 Å². The fraction of sp³-hybridized carbons (Fsp3) is 1.00. The largest absolute Gasteiger partial charge is 0.392 e. The molecule has 4 heteroatoms. The molecule has 0 aromatic carbocycles. The predicted octanol–water partition coefficient (Wildman–Crippen LogP) is 1.39. The summed E-state index contributed by atoms with van der Waals surface area (Å²) in [6.45, 7) is 11.7. The Morgan fingerprint density at radius 2 is 1.77 bits per heavy atom. The molecule has 0 aromatic heterocycles. The van der Waals surface area contributed by atoms with Gasteiger partial charge in [-0.25, -0.2) is 0 Å². The highest BCUT2D eigenvalue weighted by atomic mass is 16.3. The minimum atomic E-state index is -0.0959. The fourth-order valence-corrected chi connectivity index (χ4v) is 5.69. The van der Waals surface area contributed by atoms with Crippen LogP contribution in [-0.2, 0) is 0 Å². The van der Waals surface area contributed by atoms with Gasteiger partial charge >= 0.3 is 0 Å². The minimum absolute atomic E-state index is 0.0959. The van der Waals surface area contributed by atoms with Crippen LogP contribution in [0.2, 0.25) is 0 Å². The van der Waals surface area contributed by atoms with Crippen molar-refractivity contribution in [1.29, 1.82) is 0 Å². The molecule has 4 rings (SSSR count). The van der Waals surface area contributed by atoms with Crippen LogP contribution in [0.5, 0.6) is 0 Å². The fourth-order valence-electron chi connectivity index (χ4n) is 5.69. The molecule has 2 atom stereocenters. The quantitative estimate of drug-likeness (QED) is 0.853. The van der Waals surface area contributed by atoms with Gasteiger partial charge in [0.05, 0.1) is 11.6 Å². The standard InChI is InChI=1S/C18H33N3O/c1-14(2)8-19-9-16-7-17(22)10-21(16)18(11-19)12-20(13-18)15-5-3-4-6-15/h14-17,22H,3-13H2,1-2H3/t16-,17+/m0/s1. The topological polar surface area (TPSA) is 30.0 Å². The second-order valence-corrected chi connectivity index (χ2v) is 8.85. The number of piperazine rings is 1. The summed E-state index contributed by atoms with van der Waals surface area (Å²) in [5.41, 5.74) is 0.345. The van der Waals surface area contributed by atoms with E-state index < -0.39 is 0 Å². The maximum Gasteiger partial charge on any atom is 0.0682 e. The predicted molar refractivity (Wildman–Crippen MR) is 89.0 cm³/mol.